The number of urea groups is 1. The maximum Gasteiger partial charge on any atom is 0.317 e. The molecule has 1 aromatic carbocycles. The Balaban J connectivity index is 1.28. The van der Waals surface area contributed by atoms with Gasteiger partial charge in [-0.25, -0.2) is 4.79 Å². The molecule has 0 aromatic heterocycles. The molecule has 0 radical (unpaired) electrons. The zero-order chi connectivity index (χ0) is 18.1. The first-order valence-corrected chi connectivity index (χ1v) is 9.60. The van der Waals surface area contributed by atoms with Gasteiger partial charge in [0.1, 0.15) is 0 Å². The highest BCUT2D eigenvalue weighted by Gasteiger charge is 2.45. The third-order valence-corrected chi connectivity index (χ3v) is 5.69. The summed E-state index contributed by atoms with van der Waals surface area (Å²) < 4.78 is 5.83. The number of carbonyl (C=O) groups excluding carboxylic acids is 2. The van der Waals surface area contributed by atoms with E-state index in [1.54, 1.807) is 0 Å². The fourth-order valence-corrected chi connectivity index (χ4v) is 4.06. The average Bonchev–Trinajstić information content (AvgIpc) is 3.25. The summed E-state index contributed by atoms with van der Waals surface area (Å²) in [6, 6.07) is 10.5. The Morgan fingerprint density at radius 1 is 1.27 bits per heavy atom. The van der Waals surface area contributed by atoms with Gasteiger partial charge in [0.25, 0.3) is 0 Å². The van der Waals surface area contributed by atoms with Crippen molar-refractivity contribution in [2.45, 2.75) is 44.4 Å². The van der Waals surface area contributed by atoms with Crippen molar-refractivity contribution >= 4 is 11.9 Å². The fourth-order valence-electron chi connectivity index (χ4n) is 4.06. The smallest absolute Gasteiger partial charge is 0.317 e. The number of nitrogens with zero attached hydrogens (tertiary/aromatic N) is 2. The molecule has 26 heavy (non-hydrogen) atoms. The van der Waals surface area contributed by atoms with E-state index in [1.165, 1.54) is 5.56 Å². The molecule has 4 atom stereocenters. The van der Waals surface area contributed by atoms with Crippen molar-refractivity contribution in [2.24, 2.45) is 5.92 Å². The Labute approximate surface area is 154 Å². The standard InChI is InChI=1S/C20H27N3O3/c1-14-9-18(14)23-12-16(11-19(23)24)21-20(25)22-7-8-26-17(13-22)10-15-5-3-2-4-6-15/h2-6,14,16-18H,7-13H2,1H3,(H,21,25). The van der Waals surface area contributed by atoms with Gasteiger partial charge in [-0.2, -0.15) is 0 Å². The Kier molecular flexibility index (Phi) is 4.85. The zero-order valence-electron chi connectivity index (χ0n) is 15.3. The molecule has 6 heteroatoms. The van der Waals surface area contributed by atoms with Crippen LogP contribution in [0.3, 0.4) is 0 Å². The van der Waals surface area contributed by atoms with Crippen LogP contribution in [0.4, 0.5) is 4.79 Å². The highest BCUT2D eigenvalue weighted by Crippen LogP contribution is 2.37. The van der Waals surface area contributed by atoms with E-state index in [1.807, 2.05) is 28.0 Å². The SMILES string of the molecule is CC1CC1N1CC(NC(=O)N2CCOC(Cc3ccccc3)C2)CC1=O. The number of benzene rings is 1. The average molecular weight is 357 g/mol. The lowest BCUT2D eigenvalue weighted by atomic mass is 10.1. The summed E-state index contributed by atoms with van der Waals surface area (Å²) in [5.74, 6) is 0.778. The number of morpholine rings is 1. The molecule has 3 aliphatic rings. The van der Waals surface area contributed by atoms with Crippen LogP contribution in [0.2, 0.25) is 0 Å². The van der Waals surface area contributed by atoms with Gasteiger partial charge in [0.15, 0.2) is 0 Å². The van der Waals surface area contributed by atoms with Crippen LogP contribution in [0, 0.1) is 5.92 Å². The predicted molar refractivity (Wildman–Crippen MR) is 97.7 cm³/mol. The molecule has 4 unspecified atom stereocenters. The lowest BCUT2D eigenvalue weighted by Crippen LogP contribution is -2.52. The van der Waals surface area contributed by atoms with Gasteiger partial charge in [0, 0.05) is 38.5 Å². The molecule has 1 aliphatic carbocycles. The van der Waals surface area contributed by atoms with E-state index in [9.17, 15) is 9.59 Å². The third kappa shape index (κ3) is 3.85. The maximum absolute atomic E-state index is 12.6. The van der Waals surface area contributed by atoms with Crippen molar-refractivity contribution in [3.05, 3.63) is 35.9 Å². The number of amides is 3. The molecule has 2 saturated heterocycles. The van der Waals surface area contributed by atoms with Crippen molar-refractivity contribution in [2.75, 3.05) is 26.2 Å². The van der Waals surface area contributed by atoms with E-state index in [4.69, 9.17) is 4.74 Å². The van der Waals surface area contributed by atoms with Gasteiger partial charge in [-0.05, 0) is 17.9 Å². The van der Waals surface area contributed by atoms with Gasteiger partial charge in [-0.3, -0.25) is 4.79 Å². The largest absolute Gasteiger partial charge is 0.374 e. The molecule has 0 bridgehead atoms. The van der Waals surface area contributed by atoms with Gasteiger partial charge in [0.05, 0.1) is 18.8 Å². The summed E-state index contributed by atoms with van der Waals surface area (Å²) in [4.78, 5) is 28.6. The minimum atomic E-state index is -0.0742. The van der Waals surface area contributed by atoms with Crippen LogP contribution in [0.15, 0.2) is 30.3 Å². The van der Waals surface area contributed by atoms with E-state index in [2.05, 4.69) is 24.4 Å². The van der Waals surface area contributed by atoms with Gasteiger partial charge < -0.3 is 19.9 Å². The Morgan fingerprint density at radius 3 is 2.77 bits per heavy atom. The first-order valence-electron chi connectivity index (χ1n) is 9.60. The number of carbonyl (C=O) groups is 2. The predicted octanol–water partition coefficient (Wildman–Crippen LogP) is 1.65. The molecule has 3 amide bonds. The molecule has 1 saturated carbocycles. The van der Waals surface area contributed by atoms with E-state index in [0.29, 0.717) is 44.6 Å². The van der Waals surface area contributed by atoms with Crippen LogP contribution in [0.5, 0.6) is 0 Å². The number of hydrogen-bond donors (Lipinski definition) is 1. The summed E-state index contributed by atoms with van der Waals surface area (Å²) in [6.45, 7) is 4.56. The molecule has 1 aromatic rings. The monoisotopic (exact) mass is 357 g/mol. The number of ether oxygens (including phenoxy) is 1. The van der Waals surface area contributed by atoms with E-state index >= 15 is 0 Å². The molecule has 3 fully saturated rings. The number of likely N-dealkylation sites (tertiary alicyclic amines) is 1. The summed E-state index contributed by atoms with van der Waals surface area (Å²) in [5, 5.41) is 3.06. The molecule has 6 nitrogen and oxygen atoms in total. The first kappa shape index (κ1) is 17.3. The number of hydrogen-bond acceptors (Lipinski definition) is 3. The second kappa shape index (κ2) is 7.27. The quantitative estimate of drug-likeness (QED) is 0.891. The topological polar surface area (TPSA) is 61.9 Å². The summed E-state index contributed by atoms with van der Waals surface area (Å²) >= 11 is 0. The van der Waals surface area contributed by atoms with Crippen LogP contribution in [-0.4, -0.2) is 66.2 Å². The Hall–Kier alpha value is -2.08. The lowest BCUT2D eigenvalue weighted by Gasteiger charge is -2.33. The molecular formula is C20H27N3O3. The molecule has 2 aliphatic heterocycles. The molecule has 2 heterocycles. The van der Waals surface area contributed by atoms with Crippen molar-refractivity contribution in [3.8, 4) is 0 Å². The second-order valence-electron chi connectivity index (χ2n) is 7.81. The van der Waals surface area contributed by atoms with Crippen molar-refractivity contribution < 1.29 is 14.3 Å². The lowest BCUT2D eigenvalue weighted by molar-refractivity contribution is -0.128. The van der Waals surface area contributed by atoms with Crippen molar-refractivity contribution in [3.63, 3.8) is 0 Å². The van der Waals surface area contributed by atoms with Crippen molar-refractivity contribution in [1.82, 2.24) is 15.1 Å². The maximum atomic E-state index is 12.6. The van der Waals surface area contributed by atoms with Crippen LogP contribution in [-0.2, 0) is 16.0 Å². The highest BCUT2D eigenvalue weighted by atomic mass is 16.5. The highest BCUT2D eigenvalue weighted by molar-refractivity contribution is 5.82. The van der Waals surface area contributed by atoms with Gasteiger partial charge >= 0.3 is 6.03 Å². The van der Waals surface area contributed by atoms with Gasteiger partial charge in [-0.1, -0.05) is 37.3 Å². The van der Waals surface area contributed by atoms with Crippen LogP contribution >= 0.6 is 0 Å². The van der Waals surface area contributed by atoms with Crippen LogP contribution in [0.1, 0.15) is 25.3 Å². The number of nitrogens with one attached hydrogen (secondary N) is 1. The Morgan fingerprint density at radius 2 is 2.04 bits per heavy atom. The van der Waals surface area contributed by atoms with E-state index < -0.39 is 0 Å². The molecule has 1 N–H and O–H groups in total. The second-order valence-corrected chi connectivity index (χ2v) is 7.81. The van der Waals surface area contributed by atoms with E-state index in [-0.39, 0.29) is 24.1 Å². The van der Waals surface area contributed by atoms with Gasteiger partial charge in [-0.15, -0.1) is 0 Å². The zero-order valence-corrected chi connectivity index (χ0v) is 15.3. The van der Waals surface area contributed by atoms with Crippen molar-refractivity contribution in [1.29, 1.82) is 0 Å². The molecule has 0 spiro atoms. The Bertz CT molecular complexity index is 666. The summed E-state index contributed by atoms with van der Waals surface area (Å²) in [6.07, 6.45) is 2.34. The normalized spacial score (nSPS) is 31.2. The van der Waals surface area contributed by atoms with E-state index in [0.717, 1.165) is 12.8 Å². The minimum absolute atomic E-state index is 0.0194. The number of rotatable bonds is 4. The fraction of sp³-hybridized carbons (Fsp3) is 0.600. The minimum Gasteiger partial charge on any atom is -0.374 e. The molecular weight excluding hydrogens is 330 g/mol. The van der Waals surface area contributed by atoms with Crippen LogP contribution in [0.25, 0.3) is 0 Å². The third-order valence-electron chi connectivity index (χ3n) is 5.69. The first-order chi connectivity index (χ1) is 12.6. The summed E-state index contributed by atoms with van der Waals surface area (Å²) in [5.41, 5.74) is 1.22. The van der Waals surface area contributed by atoms with Gasteiger partial charge in [0.2, 0.25) is 5.91 Å². The molecule has 140 valence electrons. The summed E-state index contributed by atoms with van der Waals surface area (Å²) in [7, 11) is 0. The molecule has 4 rings (SSSR count). The van der Waals surface area contributed by atoms with Crippen LogP contribution < -0.4 is 5.32 Å².